The topological polar surface area (TPSA) is 62.2 Å². The molecule has 0 radical (unpaired) electrons. The molecule has 0 spiro atoms. The van der Waals surface area contributed by atoms with Crippen LogP contribution in [-0.2, 0) is 0 Å². The normalized spacial score (nSPS) is 9.94. The summed E-state index contributed by atoms with van der Waals surface area (Å²) >= 11 is 0. The van der Waals surface area contributed by atoms with Crippen LogP contribution in [0.4, 0.5) is 10.1 Å². The Hall–Kier alpha value is -2.43. The first kappa shape index (κ1) is 11.1. The number of carbonyl (C=O) groups excluding carboxylic acids is 1. The number of carbonyl (C=O) groups is 1. The van der Waals surface area contributed by atoms with Gasteiger partial charge in [-0.3, -0.25) is 9.78 Å². The van der Waals surface area contributed by atoms with Crippen molar-refractivity contribution in [2.24, 2.45) is 0 Å². The lowest BCUT2D eigenvalue weighted by Gasteiger charge is -2.05. The summed E-state index contributed by atoms with van der Waals surface area (Å²) in [5.74, 6) is -1.56. The zero-order valence-corrected chi connectivity index (χ0v) is 8.72. The lowest BCUT2D eigenvalue weighted by Crippen LogP contribution is -2.13. The number of nitrogens with one attached hydrogen (secondary N) is 1. The van der Waals surface area contributed by atoms with E-state index in [9.17, 15) is 9.18 Å². The van der Waals surface area contributed by atoms with Crippen LogP contribution in [0.3, 0.4) is 0 Å². The van der Waals surface area contributed by atoms with E-state index in [2.05, 4.69) is 10.3 Å². The number of phenols is 1. The number of hydrogen-bond donors (Lipinski definition) is 2. The Morgan fingerprint density at radius 3 is 2.59 bits per heavy atom. The van der Waals surface area contributed by atoms with Gasteiger partial charge in [0.1, 0.15) is 11.6 Å². The number of anilines is 1. The number of pyridine rings is 1. The van der Waals surface area contributed by atoms with E-state index >= 15 is 0 Å². The molecule has 0 saturated carbocycles. The molecule has 0 unspecified atom stereocenters. The SMILES string of the molecule is O=C(Nc1ccncc1)c1ccc(O)cc1F. The van der Waals surface area contributed by atoms with Crippen molar-refractivity contribution >= 4 is 11.6 Å². The molecule has 17 heavy (non-hydrogen) atoms. The molecule has 0 atom stereocenters. The van der Waals surface area contributed by atoms with Gasteiger partial charge >= 0.3 is 0 Å². The van der Waals surface area contributed by atoms with Crippen LogP contribution < -0.4 is 5.32 Å². The quantitative estimate of drug-likeness (QED) is 0.834. The minimum atomic E-state index is -0.767. The van der Waals surface area contributed by atoms with E-state index in [1.807, 2.05) is 0 Å². The Labute approximate surface area is 96.7 Å². The van der Waals surface area contributed by atoms with Gasteiger partial charge < -0.3 is 10.4 Å². The first-order valence-electron chi connectivity index (χ1n) is 4.87. The molecule has 2 N–H and O–H groups in total. The van der Waals surface area contributed by atoms with Gasteiger partial charge in [0.2, 0.25) is 0 Å². The zero-order chi connectivity index (χ0) is 12.3. The molecule has 5 heteroatoms. The molecular formula is C12H9FN2O2. The van der Waals surface area contributed by atoms with Gasteiger partial charge in [0, 0.05) is 24.1 Å². The molecule has 2 rings (SSSR count). The smallest absolute Gasteiger partial charge is 0.258 e. The summed E-state index contributed by atoms with van der Waals surface area (Å²) in [5.41, 5.74) is 0.400. The van der Waals surface area contributed by atoms with E-state index < -0.39 is 11.7 Å². The number of benzene rings is 1. The highest BCUT2D eigenvalue weighted by molar-refractivity contribution is 6.04. The number of rotatable bonds is 2. The Morgan fingerprint density at radius 2 is 1.94 bits per heavy atom. The fraction of sp³-hybridized carbons (Fsp3) is 0. The van der Waals surface area contributed by atoms with Gasteiger partial charge in [-0.25, -0.2) is 4.39 Å². The van der Waals surface area contributed by atoms with Crippen molar-refractivity contribution in [2.45, 2.75) is 0 Å². The number of aromatic hydroxyl groups is 1. The number of halogens is 1. The fourth-order valence-electron chi connectivity index (χ4n) is 1.32. The maximum absolute atomic E-state index is 13.4. The number of nitrogens with zero attached hydrogens (tertiary/aromatic N) is 1. The molecule has 0 aliphatic rings. The maximum Gasteiger partial charge on any atom is 0.258 e. The summed E-state index contributed by atoms with van der Waals surface area (Å²) in [5, 5.41) is 11.5. The highest BCUT2D eigenvalue weighted by Gasteiger charge is 2.12. The number of amides is 1. The Morgan fingerprint density at radius 1 is 1.24 bits per heavy atom. The Balaban J connectivity index is 2.21. The lowest BCUT2D eigenvalue weighted by atomic mass is 10.2. The van der Waals surface area contributed by atoms with Crippen LogP contribution in [0.25, 0.3) is 0 Å². The van der Waals surface area contributed by atoms with E-state index in [0.29, 0.717) is 5.69 Å². The van der Waals surface area contributed by atoms with Gasteiger partial charge in [0.25, 0.3) is 5.91 Å². The maximum atomic E-state index is 13.4. The van der Waals surface area contributed by atoms with Crippen molar-refractivity contribution in [1.82, 2.24) is 4.98 Å². The largest absolute Gasteiger partial charge is 0.508 e. The van der Waals surface area contributed by atoms with Crippen molar-refractivity contribution in [3.8, 4) is 5.75 Å². The third-order valence-electron chi connectivity index (χ3n) is 2.14. The van der Waals surface area contributed by atoms with Crippen LogP contribution in [0.5, 0.6) is 5.75 Å². The van der Waals surface area contributed by atoms with Gasteiger partial charge in [-0.05, 0) is 24.3 Å². The predicted octanol–water partition coefficient (Wildman–Crippen LogP) is 2.18. The number of hydrogen-bond acceptors (Lipinski definition) is 3. The van der Waals surface area contributed by atoms with E-state index in [1.54, 1.807) is 12.1 Å². The Bertz CT molecular complexity index is 543. The first-order valence-corrected chi connectivity index (χ1v) is 4.87. The predicted molar refractivity (Wildman–Crippen MR) is 60.3 cm³/mol. The minimum absolute atomic E-state index is 0.125. The molecule has 86 valence electrons. The van der Waals surface area contributed by atoms with Gasteiger partial charge in [-0.2, -0.15) is 0 Å². The van der Waals surface area contributed by atoms with Crippen molar-refractivity contribution < 1.29 is 14.3 Å². The molecule has 2 aromatic rings. The average Bonchev–Trinajstić information content (AvgIpc) is 2.30. The van der Waals surface area contributed by atoms with Crippen molar-refractivity contribution in [3.63, 3.8) is 0 Å². The lowest BCUT2D eigenvalue weighted by molar-refractivity contribution is 0.102. The first-order chi connectivity index (χ1) is 8.16. The fourth-order valence-corrected chi connectivity index (χ4v) is 1.32. The average molecular weight is 232 g/mol. The summed E-state index contributed by atoms with van der Waals surface area (Å²) in [4.78, 5) is 15.5. The van der Waals surface area contributed by atoms with E-state index in [0.717, 1.165) is 6.07 Å². The Kier molecular flexibility index (Phi) is 3.00. The van der Waals surface area contributed by atoms with Crippen LogP contribution in [0.1, 0.15) is 10.4 Å². The molecule has 0 aliphatic heterocycles. The molecule has 1 heterocycles. The standard InChI is InChI=1S/C12H9FN2O2/c13-11-7-9(16)1-2-10(11)12(17)15-8-3-5-14-6-4-8/h1-7,16H,(H,14,15,17). The van der Waals surface area contributed by atoms with Crippen LogP contribution in [-0.4, -0.2) is 16.0 Å². The van der Waals surface area contributed by atoms with Crippen molar-refractivity contribution in [2.75, 3.05) is 5.32 Å². The van der Waals surface area contributed by atoms with E-state index in [4.69, 9.17) is 5.11 Å². The van der Waals surface area contributed by atoms with Crippen LogP contribution >= 0.6 is 0 Å². The van der Waals surface area contributed by atoms with Gasteiger partial charge in [-0.15, -0.1) is 0 Å². The van der Waals surface area contributed by atoms with Crippen molar-refractivity contribution in [3.05, 3.63) is 54.1 Å². The third-order valence-corrected chi connectivity index (χ3v) is 2.14. The highest BCUT2D eigenvalue weighted by Crippen LogP contribution is 2.16. The highest BCUT2D eigenvalue weighted by atomic mass is 19.1. The van der Waals surface area contributed by atoms with Crippen LogP contribution in [0.2, 0.25) is 0 Å². The van der Waals surface area contributed by atoms with E-state index in [-0.39, 0.29) is 11.3 Å². The summed E-state index contributed by atoms with van der Waals surface area (Å²) < 4.78 is 13.4. The minimum Gasteiger partial charge on any atom is -0.508 e. The van der Waals surface area contributed by atoms with Crippen LogP contribution in [0, 0.1) is 5.82 Å². The number of phenolic OH excluding ortho intramolecular Hbond substituents is 1. The molecular weight excluding hydrogens is 223 g/mol. The third kappa shape index (κ3) is 2.57. The summed E-state index contributed by atoms with van der Waals surface area (Å²) in [6, 6.07) is 6.56. The summed E-state index contributed by atoms with van der Waals surface area (Å²) in [6.07, 6.45) is 3.03. The van der Waals surface area contributed by atoms with Gasteiger partial charge in [-0.1, -0.05) is 0 Å². The van der Waals surface area contributed by atoms with E-state index in [1.165, 1.54) is 24.5 Å². The van der Waals surface area contributed by atoms with Crippen molar-refractivity contribution in [1.29, 1.82) is 0 Å². The summed E-state index contributed by atoms with van der Waals surface area (Å²) in [7, 11) is 0. The zero-order valence-electron chi connectivity index (χ0n) is 8.72. The second kappa shape index (κ2) is 4.61. The molecule has 0 saturated heterocycles. The molecule has 4 nitrogen and oxygen atoms in total. The van der Waals surface area contributed by atoms with Gasteiger partial charge in [0.15, 0.2) is 0 Å². The monoisotopic (exact) mass is 232 g/mol. The molecule has 0 bridgehead atoms. The molecule has 1 aromatic carbocycles. The molecule has 1 amide bonds. The second-order valence-electron chi connectivity index (χ2n) is 3.35. The van der Waals surface area contributed by atoms with Gasteiger partial charge in [0.05, 0.1) is 5.56 Å². The number of aromatic nitrogens is 1. The summed E-state index contributed by atoms with van der Waals surface area (Å²) in [6.45, 7) is 0. The second-order valence-corrected chi connectivity index (χ2v) is 3.35. The molecule has 0 fully saturated rings. The molecule has 0 aliphatic carbocycles. The molecule has 1 aromatic heterocycles. The van der Waals surface area contributed by atoms with Crippen LogP contribution in [0.15, 0.2) is 42.7 Å².